The van der Waals surface area contributed by atoms with Gasteiger partial charge in [0.25, 0.3) is 11.6 Å². The molecule has 1 amide bonds. The summed E-state index contributed by atoms with van der Waals surface area (Å²) in [5.74, 6) is -0.743. The minimum Gasteiger partial charge on any atom is -0.321 e. The van der Waals surface area contributed by atoms with Gasteiger partial charge in [-0.3, -0.25) is 14.9 Å². The summed E-state index contributed by atoms with van der Waals surface area (Å²) < 4.78 is 13.0. The number of nitro groups is 1. The fourth-order valence-electron chi connectivity index (χ4n) is 2.39. The number of aromatic nitrogens is 1. The molecule has 1 aromatic heterocycles. The van der Waals surface area contributed by atoms with Crippen LogP contribution in [0.15, 0.2) is 42.5 Å². The molecule has 0 saturated heterocycles. The van der Waals surface area contributed by atoms with Crippen LogP contribution in [0.5, 0.6) is 0 Å². The Kier molecular flexibility index (Phi) is 4.77. The lowest BCUT2D eigenvalue weighted by molar-refractivity contribution is -0.385. The largest absolute Gasteiger partial charge is 0.321 e. The SMILES string of the molecule is Cc1ccc(NC(=O)c2sc(-c3ccc(F)cc3)nc2C)cc1[N+](=O)[O-]. The van der Waals surface area contributed by atoms with Crippen molar-refractivity contribution < 1.29 is 14.1 Å². The van der Waals surface area contributed by atoms with E-state index >= 15 is 0 Å². The van der Waals surface area contributed by atoms with Crippen LogP contribution in [0.25, 0.3) is 10.6 Å². The number of benzene rings is 2. The predicted octanol–water partition coefficient (Wildman–Crippen LogP) is 4.73. The minimum absolute atomic E-state index is 0.0594. The molecule has 0 radical (unpaired) electrons. The van der Waals surface area contributed by atoms with Gasteiger partial charge in [-0.15, -0.1) is 11.3 Å². The molecule has 3 rings (SSSR count). The third kappa shape index (κ3) is 3.60. The van der Waals surface area contributed by atoms with E-state index in [2.05, 4.69) is 10.3 Å². The van der Waals surface area contributed by atoms with Crippen molar-refractivity contribution in [2.45, 2.75) is 13.8 Å². The summed E-state index contributed by atoms with van der Waals surface area (Å²) in [6.07, 6.45) is 0. The van der Waals surface area contributed by atoms with E-state index in [0.29, 0.717) is 32.4 Å². The summed E-state index contributed by atoms with van der Waals surface area (Å²) >= 11 is 1.18. The Hall–Kier alpha value is -3.13. The van der Waals surface area contributed by atoms with Gasteiger partial charge in [0.15, 0.2) is 0 Å². The first-order valence-corrected chi connectivity index (χ1v) is 8.46. The molecule has 132 valence electrons. The number of carbonyl (C=O) groups is 1. The van der Waals surface area contributed by atoms with Gasteiger partial charge in [0.05, 0.1) is 10.6 Å². The molecule has 8 heteroatoms. The highest BCUT2D eigenvalue weighted by Gasteiger charge is 2.18. The van der Waals surface area contributed by atoms with Crippen molar-refractivity contribution in [3.63, 3.8) is 0 Å². The number of hydrogen-bond acceptors (Lipinski definition) is 5. The summed E-state index contributed by atoms with van der Waals surface area (Å²) in [5.41, 5.74) is 2.04. The fourth-order valence-corrected chi connectivity index (χ4v) is 3.36. The smallest absolute Gasteiger partial charge is 0.274 e. The Morgan fingerprint density at radius 1 is 1.19 bits per heavy atom. The first kappa shape index (κ1) is 17.7. The summed E-state index contributed by atoms with van der Waals surface area (Å²) in [6.45, 7) is 3.34. The number of nitrogens with one attached hydrogen (secondary N) is 1. The van der Waals surface area contributed by atoms with Crippen LogP contribution >= 0.6 is 11.3 Å². The Bertz CT molecular complexity index is 999. The molecular formula is C18H14FN3O3S. The molecule has 0 fully saturated rings. The second kappa shape index (κ2) is 7.01. The van der Waals surface area contributed by atoms with E-state index in [0.717, 1.165) is 0 Å². The molecule has 0 saturated carbocycles. The van der Waals surface area contributed by atoms with Gasteiger partial charge in [-0.2, -0.15) is 0 Å². The van der Waals surface area contributed by atoms with E-state index in [9.17, 15) is 19.3 Å². The zero-order valence-corrected chi connectivity index (χ0v) is 14.8. The lowest BCUT2D eigenvalue weighted by Crippen LogP contribution is -2.11. The summed E-state index contributed by atoms with van der Waals surface area (Å²) in [6, 6.07) is 10.4. The zero-order chi connectivity index (χ0) is 18.8. The Balaban J connectivity index is 1.86. The third-order valence-electron chi connectivity index (χ3n) is 3.76. The molecule has 26 heavy (non-hydrogen) atoms. The van der Waals surface area contributed by atoms with Crippen molar-refractivity contribution in [3.05, 3.63) is 74.5 Å². The average molecular weight is 371 g/mol. The Morgan fingerprint density at radius 3 is 2.54 bits per heavy atom. The van der Waals surface area contributed by atoms with Crippen molar-refractivity contribution >= 4 is 28.6 Å². The first-order valence-electron chi connectivity index (χ1n) is 7.65. The van der Waals surface area contributed by atoms with Gasteiger partial charge < -0.3 is 5.32 Å². The van der Waals surface area contributed by atoms with Crippen LogP contribution in [0, 0.1) is 29.8 Å². The van der Waals surface area contributed by atoms with Crippen LogP contribution in [0.1, 0.15) is 20.9 Å². The van der Waals surface area contributed by atoms with Crippen LogP contribution < -0.4 is 5.32 Å². The number of carbonyl (C=O) groups excluding carboxylic acids is 1. The second-order valence-electron chi connectivity index (χ2n) is 5.65. The van der Waals surface area contributed by atoms with Crippen LogP contribution in [-0.4, -0.2) is 15.8 Å². The van der Waals surface area contributed by atoms with Gasteiger partial charge >= 0.3 is 0 Å². The zero-order valence-electron chi connectivity index (χ0n) is 13.9. The third-order valence-corrected chi connectivity index (χ3v) is 4.96. The Morgan fingerprint density at radius 2 is 1.88 bits per heavy atom. The van der Waals surface area contributed by atoms with Crippen molar-refractivity contribution in [2.24, 2.45) is 0 Å². The predicted molar refractivity (Wildman–Crippen MR) is 98.0 cm³/mol. The van der Waals surface area contributed by atoms with Gasteiger partial charge in [-0.05, 0) is 44.2 Å². The van der Waals surface area contributed by atoms with E-state index in [-0.39, 0.29) is 11.5 Å². The molecule has 0 aliphatic heterocycles. The quantitative estimate of drug-likeness (QED) is 0.531. The minimum atomic E-state index is -0.490. The fraction of sp³-hybridized carbons (Fsp3) is 0.111. The number of anilines is 1. The van der Waals surface area contributed by atoms with E-state index in [1.165, 1.54) is 29.5 Å². The second-order valence-corrected chi connectivity index (χ2v) is 6.65. The lowest BCUT2D eigenvalue weighted by atomic mass is 10.2. The number of hydrogen-bond donors (Lipinski definition) is 1. The van der Waals surface area contributed by atoms with E-state index in [4.69, 9.17) is 0 Å². The monoisotopic (exact) mass is 371 g/mol. The maximum atomic E-state index is 13.0. The van der Waals surface area contributed by atoms with E-state index in [1.54, 1.807) is 38.1 Å². The summed E-state index contributed by atoms with van der Waals surface area (Å²) in [4.78, 5) is 27.8. The van der Waals surface area contributed by atoms with Crippen molar-refractivity contribution in [1.29, 1.82) is 0 Å². The molecule has 1 N–H and O–H groups in total. The number of aryl methyl sites for hydroxylation is 2. The number of thiazole rings is 1. The van der Waals surface area contributed by atoms with E-state index < -0.39 is 10.8 Å². The summed E-state index contributed by atoms with van der Waals surface area (Å²) in [7, 11) is 0. The maximum absolute atomic E-state index is 13.0. The molecule has 2 aromatic carbocycles. The topological polar surface area (TPSA) is 85.1 Å². The van der Waals surface area contributed by atoms with Crippen molar-refractivity contribution in [3.8, 4) is 10.6 Å². The molecule has 0 aliphatic rings. The van der Waals surface area contributed by atoms with Crippen molar-refractivity contribution in [1.82, 2.24) is 4.98 Å². The number of amides is 1. The molecule has 0 unspecified atom stereocenters. The van der Waals surface area contributed by atoms with Crippen LogP contribution in [0.4, 0.5) is 15.8 Å². The average Bonchev–Trinajstić information content (AvgIpc) is 2.99. The Labute approximate surface area is 152 Å². The number of halogens is 1. The van der Waals surface area contributed by atoms with Crippen LogP contribution in [-0.2, 0) is 0 Å². The molecule has 0 bridgehead atoms. The molecule has 0 spiro atoms. The van der Waals surface area contributed by atoms with Crippen LogP contribution in [0.3, 0.4) is 0 Å². The molecule has 6 nitrogen and oxygen atoms in total. The summed E-state index contributed by atoms with van der Waals surface area (Å²) in [5, 5.41) is 14.3. The standard InChI is InChI=1S/C18H14FN3O3S/c1-10-3-8-14(9-15(10)22(24)25)21-17(23)16-11(2)20-18(26-16)12-4-6-13(19)7-5-12/h3-9H,1-2H3,(H,21,23). The number of nitrogens with zero attached hydrogens (tertiary/aromatic N) is 2. The normalized spacial score (nSPS) is 10.6. The lowest BCUT2D eigenvalue weighted by Gasteiger charge is -2.05. The van der Waals surface area contributed by atoms with Gasteiger partial charge in [0.2, 0.25) is 0 Å². The van der Waals surface area contributed by atoms with Gasteiger partial charge in [-0.25, -0.2) is 9.37 Å². The molecule has 3 aromatic rings. The highest BCUT2D eigenvalue weighted by atomic mass is 32.1. The van der Waals surface area contributed by atoms with Crippen molar-refractivity contribution in [2.75, 3.05) is 5.32 Å². The molecular weight excluding hydrogens is 357 g/mol. The highest BCUT2D eigenvalue weighted by molar-refractivity contribution is 7.17. The van der Waals surface area contributed by atoms with Gasteiger partial charge in [-0.1, -0.05) is 6.07 Å². The van der Waals surface area contributed by atoms with E-state index in [1.807, 2.05) is 0 Å². The van der Waals surface area contributed by atoms with Gasteiger partial charge in [0.1, 0.15) is 15.7 Å². The van der Waals surface area contributed by atoms with Crippen LogP contribution in [0.2, 0.25) is 0 Å². The number of nitro benzene ring substituents is 1. The molecule has 1 heterocycles. The first-order chi connectivity index (χ1) is 12.3. The molecule has 0 atom stereocenters. The number of rotatable bonds is 4. The van der Waals surface area contributed by atoms with Gasteiger partial charge in [0, 0.05) is 22.9 Å². The molecule has 0 aliphatic carbocycles. The highest BCUT2D eigenvalue weighted by Crippen LogP contribution is 2.29. The maximum Gasteiger partial charge on any atom is 0.274 e.